The number of rotatable bonds is 5. The van der Waals surface area contributed by atoms with Crippen molar-refractivity contribution < 1.29 is 19.1 Å². The minimum atomic E-state index is -1.09. The molecule has 0 heterocycles. The maximum absolute atomic E-state index is 13.1. The second kappa shape index (κ2) is 10.8. The van der Waals surface area contributed by atoms with Crippen LogP contribution in [0.4, 0.5) is 16.2 Å². The number of halogens is 4. The highest BCUT2D eigenvalue weighted by Crippen LogP contribution is 2.34. The average Bonchev–Trinajstić information content (AvgIpc) is 2.70. The fourth-order valence-corrected chi connectivity index (χ4v) is 4.76. The van der Waals surface area contributed by atoms with E-state index in [1.807, 2.05) is 0 Å². The van der Waals surface area contributed by atoms with E-state index in [0.29, 0.717) is 22.9 Å². The number of hydrogen-bond donors (Lipinski definition) is 3. The van der Waals surface area contributed by atoms with Gasteiger partial charge < -0.3 is 20.7 Å². The van der Waals surface area contributed by atoms with Crippen molar-refractivity contribution in [1.29, 1.82) is 0 Å². The molecule has 0 aromatic heterocycles. The number of esters is 1. The Labute approximate surface area is 211 Å². The Morgan fingerprint density at radius 2 is 1.52 bits per heavy atom. The second-order valence-corrected chi connectivity index (χ2v) is 9.30. The lowest BCUT2D eigenvalue weighted by Crippen LogP contribution is -2.52. The van der Waals surface area contributed by atoms with E-state index in [1.54, 1.807) is 0 Å². The number of carbonyl (C=O) groups is 3. The van der Waals surface area contributed by atoms with Crippen molar-refractivity contribution in [2.45, 2.75) is 44.8 Å². The number of anilines is 2. The molecule has 7 nitrogen and oxygen atoms in total. The van der Waals surface area contributed by atoms with E-state index in [2.05, 4.69) is 16.0 Å². The molecule has 0 spiro atoms. The van der Waals surface area contributed by atoms with Gasteiger partial charge in [0.2, 0.25) is 0 Å². The van der Waals surface area contributed by atoms with Crippen LogP contribution in [0.5, 0.6) is 0 Å². The molecule has 0 atom stereocenters. The van der Waals surface area contributed by atoms with Gasteiger partial charge in [-0.15, -0.1) is 0 Å². The summed E-state index contributed by atoms with van der Waals surface area (Å²) >= 11 is 24.2. The maximum Gasteiger partial charge on any atom is 0.323 e. The minimum absolute atomic E-state index is 0.139. The van der Waals surface area contributed by atoms with Crippen molar-refractivity contribution in [3.8, 4) is 0 Å². The van der Waals surface area contributed by atoms with E-state index in [-0.39, 0.29) is 27.0 Å². The van der Waals surface area contributed by atoms with Crippen molar-refractivity contribution in [2.75, 3.05) is 10.6 Å². The lowest BCUT2D eigenvalue weighted by atomic mass is 9.91. The topological polar surface area (TPSA) is 96.5 Å². The summed E-state index contributed by atoms with van der Waals surface area (Å²) in [6.07, 6.45) is 3.61. The first-order chi connectivity index (χ1) is 15.6. The van der Waals surface area contributed by atoms with Crippen LogP contribution >= 0.6 is 46.4 Å². The number of nitrogens with one attached hydrogen (secondary N) is 3. The van der Waals surface area contributed by atoms with Gasteiger partial charge in [0.15, 0.2) is 5.72 Å². The summed E-state index contributed by atoms with van der Waals surface area (Å²) in [6.45, 7) is 1.30. The van der Waals surface area contributed by atoms with Crippen LogP contribution in [0.15, 0.2) is 30.3 Å². The molecular weight excluding hydrogens is 512 g/mol. The second-order valence-electron chi connectivity index (χ2n) is 7.62. The van der Waals surface area contributed by atoms with Crippen LogP contribution in [-0.4, -0.2) is 23.6 Å². The fourth-order valence-electron chi connectivity index (χ4n) is 3.67. The van der Waals surface area contributed by atoms with Crippen LogP contribution in [0.1, 0.15) is 49.4 Å². The number of hydrogen-bond acceptors (Lipinski definition) is 4. The van der Waals surface area contributed by atoms with Gasteiger partial charge in [-0.05, 0) is 43.2 Å². The largest absolute Gasteiger partial charge is 0.439 e. The Morgan fingerprint density at radius 3 is 2.12 bits per heavy atom. The molecule has 0 bridgehead atoms. The molecule has 1 aliphatic carbocycles. The molecule has 0 aliphatic heterocycles. The highest BCUT2D eigenvalue weighted by molar-refractivity contribution is 6.42. The summed E-state index contributed by atoms with van der Waals surface area (Å²) in [7, 11) is 0. The number of ether oxygens (including phenoxy) is 1. The molecule has 1 saturated carbocycles. The first kappa shape index (κ1) is 25.4. The molecular formula is C22H21Cl4N3O4. The van der Waals surface area contributed by atoms with Crippen molar-refractivity contribution in [3.63, 3.8) is 0 Å². The van der Waals surface area contributed by atoms with E-state index >= 15 is 0 Å². The summed E-state index contributed by atoms with van der Waals surface area (Å²) in [5, 5.41) is 8.87. The number of benzene rings is 2. The zero-order valence-corrected chi connectivity index (χ0v) is 20.6. The van der Waals surface area contributed by atoms with Crippen LogP contribution < -0.4 is 16.0 Å². The van der Waals surface area contributed by atoms with Gasteiger partial charge in [-0.25, -0.2) is 4.79 Å². The van der Waals surface area contributed by atoms with Crippen molar-refractivity contribution in [3.05, 3.63) is 56.0 Å². The van der Waals surface area contributed by atoms with E-state index in [1.165, 1.54) is 37.3 Å². The number of carbonyl (C=O) groups excluding carboxylic acids is 3. The quantitative estimate of drug-likeness (QED) is 0.288. The lowest BCUT2D eigenvalue weighted by molar-refractivity contribution is -0.163. The summed E-state index contributed by atoms with van der Waals surface area (Å²) < 4.78 is 5.49. The average molecular weight is 533 g/mol. The molecule has 3 amide bonds. The first-order valence-corrected chi connectivity index (χ1v) is 11.6. The monoisotopic (exact) mass is 531 g/mol. The lowest BCUT2D eigenvalue weighted by Gasteiger charge is -2.37. The number of urea groups is 1. The normalized spacial score (nSPS) is 14.8. The third-order valence-corrected chi connectivity index (χ3v) is 6.11. The first-order valence-electron chi connectivity index (χ1n) is 10.1. The Hall–Kier alpha value is -2.19. The molecule has 1 fully saturated rings. The zero-order chi connectivity index (χ0) is 24.2. The van der Waals surface area contributed by atoms with E-state index in [0.717, 1.165) is 19.3 Å². The van der Waals surface area contributed by atoms with Crippen LogP contribution in [0, 0.1) is 0 Å². The van der Waals surface area contributed by atoms with Crippen LogP contribution in [0.3, 0.4) is 0 Å². The molecule has 0 radical (unpaired) electrons. The molecule has 0 saturated heterocycles. The highest BCUT2D eigenvalue weighted by Gasteiger charge is 2.37. The van der Waals surface area contributed by atoms with Gasteiger partial charge in [0.05, 0.1) is 27.0 Å². The molecule has 3 N–H and O–H groups in total. The van der Waals surface area contributed by atoms with Gasteiger partial charge in [-0.2, -0.15) is 0 Å². The molecule has 33 heavy (non-hydrogen) atoms. The summed E-state index contributed by atoms with van der Waals surface area (Å²) in [4.78, 5) is 37.4. The molecule has 1 aliphatic rings. The standard InChI is InChI=1S/C22H21Cl4N3O4/c1-12(30)33-22(7-3-2-4-8-22)29-20(31)15-6-5-13(23)11-18(15)27-21(32)28-19-16(25)9-14(24)10-17(19)26/h5-6,9-11H,2-4,7-8H2,1H3,(H,29,31)(H2,27,28,32). The van der Waals surface area contributed by atoms with Gasteiger partial charge in [-0.1, -0.05) is 52.8 Å². The Morgan fingerprint density at radius 1 is 0.879 bits per heavy atom. The Kier molecular flexibility index (Phi) is 8.34. The predicted molar refractivity (Wildman–Crippen MR) is 131 cm³/mol. The molecule has 2 aromatic carbocycles. The summed E-state index contributed by atoms with van der Waals surface area (Å²) in [5.41, 5.74) is -0.651. The van der Waals surface area contributed by atoms with E-state index in [9.17, 15) is 14.4 Å². The van der Waals surface area contributed by atoms with Crippen LogP contribution in [0.25, 0.3) is 0 Å². The Balaban J connectivity index is 1.82. The van der Waals surface area contributed by atoms with Gasteiger partial charge >= 0.3 is 12.0 Å². The fraction of sp³-hybridized carbons (Fsp3) is 0.318. The molecule has 11 heteroatoms. The SMILES string of the molecule is CC(=O)OC1(NC(=O)c2ccc(Cl)cc2NC(=O)Nc2c(Cl)cc(Cl)cc2Cl)CCCCC1. The van der Waals surface area contributed by atoms with Gasteiger partial charge in [0.25, 0.3) is 5.91 Å². The maximum atomic E-state index is 13.1. The smallest absolute Gasteiger partial charge is 0.323 e. The zero-order valence-electron chi connectivity index (χ0n) is 17.6. The molecule has 3 rings (SSSR count). The third-order valence-electron chi connectivity index (χ3n) is 5.06. The van der Waals surface area contributed by atoms with Gasteiger partial charge in [0, 0.05) is 29.8 Å². The van der Waals surface area contributed by atoms with Crippen molar-refractivity contribution in [1.82, 2.24) is 5.32 Å². The van der Waals surface area contributed by atoms with Crippen LogP contribution in [0.2, 0.25) is 20.1 Å². The highest BCUT2D eigenvalue weighted by atomic mass is 35.5. The van der Waals surface area contributed by atoms with Gasteiger partial charge in [-0.3, -0.25) is 9.59 Å². The minimum Gasteiger partial charge on any atom is -0.439 e. The third kappa shape index (κ3) is 6.67. The Bertz CT molecular complexity index is 1060. The molecule has 0 unspecified atom stereocenters. The molecule has 176 valence electrons. The summed E-state index contributed by atoms with van der Waals surface area (Å²) in [5.74, 6) is -1.00. The summed E-state index contributed by atoms with van der Waals surface area (Å²) in [6, 6.07) is 6.58. The van der Waals surface area contributed by atoms with Crippen LogP contribution in [-0.2, 0) is 9.53 Å². The van der Waals surface area contributed by atoms with Crippen molar-refractivity contribution in [2.24, 2.45) is 0 Å². The predicted octanol–water partition coefficient (Wildman–Crippen LogP) is 6.90. The number of amides is 3. The van der Waals surface area contributed by atoms with E-state index < -0.39 is 23.6 Å². The molecule has 2 aromatic rings. The van der Waals surface area contributed by atoms with Gasteiger partial charge in [0.1, 0.15) is 0 Å². The van der Waals surface area contributed by atoms with Crippen molar-refractivity contribution >= 4 is 75.7 Å². The van der Waals surface area contributed by atoms with E-state index in [4.69, 9.17) is 51.1 Å².